The van der Waals surface area contributed by atoms with Crippen LogP contribution in [0.5, 0.6) is 0 Å². The number of aryl methyl sites for hydroxylation is 2. The molecule has 10 heteroatoms. The van der Waals surface area contributed by atoms with Gasteiger partial charge in [-0.2, -0.15) is 4.98 Å². The second kappa shape index (κ2) is 13.3. The van der Waals surface area contributed by atoms with Gasteiger partial charge in [-0.15, -0.1) is 0 Å². The highest BCUT2D eigenvalue weighted by molar-refractivity contribution is 5.92. The third-order valence-electron chi connectivity index (χ3n) is 6.94. The maximum atomic E-state index is 14.8. The van der Waals surface area contributed by atoms with Gasteiger partial charge in [0.05, 0.1) is 5.69 Å². The monoisotopic (exact) mass is 548 g/mol. The van der Waals surface area contributed by atoms with E-state index in [4.69, 9.17) is 10.7 Å². The van der Waals surface area contributed by atoms with Crippen LogP contribution in [0, 0.1) is 11.6 Å². The zero-order valence-corrected chi connectivity index (χ0v) is 22.8. The summed E-state index contributed by atoms with van der Waals surface area (Å²) in [7, 11) is 0. The summed E-state index contributed by atoms with van der Waals surface area (Å²) in [6, 6.07) is 13.5. The molecule has 0 unspecified atom stereocenters. The van der Waals surface area contributed by atoms with Crippen LogP contribution in [0.1, 0.15) is 48.3 Å². The lowest BCUT2D eigenvalue weighted by Gasteiger charge is -2.18. The van der Waals surface area contributed by atoms with Crippen LogP contribution in [0.3, 0.4) is 0 Å². The molecule has 0 aliphatic rings. The summed E-state index contributed by atoms with van der Waals surface area (Å²) in [6.45, 7) is 7.64. The number of hydrogen-bond acceptors (Lipinski definition) is 6. The van der Waals surface area contributed by atoms with Gasteiger partial charge in [0, 0.05) is 23.6 Å². The number of nitrogens with two attached hydrogens (primary N) is 1. The summed E-state index contributed by atoms with van der Waals surface area (Å²) in [5, 5.41) is 3.78. The van der Waals surface area contributed by atoms with Gasteiger partial charge in [-0.3, -0.25) is 14.2 Å². The highest BCUT2D eigenvalue weighted by Gasteiger charge is 2.19. The molecule has 4 rings (SSSR count). The number of primary amides is 1. The fourth-order valence-corrected chi connectivity index (χ4v) is 4.70. The van der Waals surface area contributed by atoms with Gasteiger partial charge in [-0.1, -0.05) is 32.0 Å². The first kappa shape index (κ1) is 28.8. The average Bonchev–Trinajstić information content (AvgIpc) is 2.94. The summed E-state index contributed by atoms with van der Waals surface area (Å²) >= 11 is 0. The van der Waals surface area contributed by atoms with Crippen molar-refractivity contribution >= 4 is 22.9 Å². The van der Waals surface area contributed by atoms with Crippen LogP contribution in [-0.2, 0) is 12.8 Å². The van der Waals surface area contributed by atoms with Crippen molar-refractivity contribution in [3.05, 3.63) is 93.4 Å². The van der Waals surface area contributed by atoms with Gasteiger partial charge in [0.1, 0.15) is 17.3 Å². The Kier molecular flexibility index (Phi) is 9.55. The van der Waals surface area contributed by atoms with Crippen molar-refractivity contribution in [2.24, 2.45) is 5.73 Å². The Bertz CT molecular complexity index is 1510. The van der Waals surface area contributed by atoms with Crippen LogP contribution >= 0.6 is 0 Å². The number of benzene rings is 2. The van der Waals surface area contributed by atoms with Gasteiger partial charge in [-0.25, -0.2) is 13.8 Å². The summed E-state index contributed by atoms with van der Waals surface area (Å²) in [6.07, 6.45) is 2.79. The van der Waals surface area contributed by atoms with Crippen molar-refractivity contribution in [1.29, 1.82) is 0 Å². The number of aromatic nitrogens is 3. The Hall–Kier alpha value is -4.18. The number of nitrogens with one attached hydrogen (secondary N) is 1. The predicted octanol–water partition coefficient (Wildman–Crippen LogP) is 4.48. The summed E-state index contributed by atoms with van der Waals surface area (Å²) < 4.78 is 30.6. The maximum absolute atomic E-state index is 14.8. The van der Waals surface area contributed by atoms with Crippen LogP contribution in [0.2, 0.25) is 0 Å². The van der Waals surface area contributed by atoms with E-state index in [1.807, 2.05) is 12.1 Å². The smallest absolute Gasteiger partial charge is 0.256 e. The molecule has 0 aliphatic carbocycles. The third-order valence-corrected chi connectivity index (χ3v) is 6.94. The van der Waals surface area contributed by atoms with Crippen LogP contribution < -0.4 is 16.6 Å². The van der Waals surface area contributed by atoms with E-state index in [-0.39, 0.29) is 5.65 Å². The van der Waals surface area contributed by atoms with Crippen molar-refractivity contribution in [1.82, 2.24) is 19.4 Å². The molecule has 3 N–H and O–H groups in total. The van der Waals surface area contributed by atoms with Crippen LogP contribution in [-0.4, -0.2) is 51.5 Å². The van der Waals surface area contributed by atoms with Gasteiger partial charge in [0.15, 0.2) is 5.65 Å². The Morgan fingerprint density at radius 2 is 1.65 bits per heavy atom. The zero-order chi connectivity index (χ0) is 28.6. The number of amides is 1. The molecule has 0 radical (unpaired) electrons. The van der Waals surface area contributed by atoms with Gasteiger partial charge >= 0.3 is 0 Å². The molecule has 210 valence electrons. The van der Waals surface area contributed by atoms with E-state index in [2.05, 4.69) is 29.0 Å². The number of carbonyl (C=O) groups excluding carboxylic acids is 1. The topological polar surface area (TPSA) is 106 Å². The first-order chi connectivity index (χ1) is 19.3. The average molecular weight is 549 g/mol. The zero-order valence-electron chi connectivity index (χ0n) is 22.8. The normalized spacial score (nSPS) is 11.3. The quantitative estimate of drug-likeness (QED) is 0.239. The Balaban J connectivity index is 1.67. The van der Waals surface area contributed by atoms with E-state index >= 15 is 0 Å². The molecule has 0 bridgehead atoms. The van der Waals surface area contributed by atoms with Crippen molar-refractivity contribution in [3.63, 3.8) is 0 Å². The summed E-state index contributed by atoms with van der Waals surface area (Å²) in [5.41, 5.74) is 6.54. The van der Waals surface area contributed by atoms with Gasteiger partial charge in [0.25, 0.3) is 5.56 Å². The van der Waals surface area contributed by atoms with Crippen LogP contribution in [0.25, 0.3) is 16.7 Å². The first-order valence-electron chi connectivity index (χ1n) is 13.5. The lowest BCUT2D eigenvalue weighted by Crippen LogP contribution is -2.26. The summed E-state index contributed by atoms with van der Waals surface area (Å²) in [4.78, 5) is 35.9. The van der Waals surface area contributed by atoms with Gasteiger partial charge in [-0.05, 0) is 81.2 Å². The second-order valence-electron chi connectivity index (χ2n) is 9.53. The number of halogens is 2. The van der Waals surface area contributed by atoms with Crippen molar-refractivity contribution < 1.29 is 13.6 Å². The number of hydrogen-bond donors (Lipinski definition) is 2. The Morgan fingerprint density at radius 3 is 2.30 bits per heavy atom. The molecule has 4 aromatic rings. The van der Waals surface area contributed by atoms with Crippen molar-refractivity contribution in [3.8, 4) is 5.69 Å². The predicted molar refractivity (Wildman–Crippen MR) is 153 cm³/mol. The third kappa shape index (κ3) is 6.69. The number of pyridine rings is 1. The minimum absolute atomic E-state index is 0.138. The van der Waals surface area contributed by atoms with E-state index in [0.29, 0.717) is 48.4 Å². The number of para-hydroxylation sites is 1. The molecule has 0 fully saturated rings. The molecule has 2 aromatic heterocycles. The largest absolute Gasteiger partial charge is 0.366 e. The van der Waals surface area contributed by atoms with Crippen molar-refractivity contribution in [2.45, 2.75) is 39.5 Å². The molecule has 8 nitrogen and oxygen atoms in total. The van der Waals surface area contributed by atoms with E-state index < -0.39 is 28.8 Å². The summed E-state index contributed by atoms with van der Waals surface area (Å²) in [5.74, 6) is -1.90. The SMILES string of the molecule is CCN(CC)CCCNc1nc(CCCc2ccc(C(N)=O)cc2)c2ccc(=O)n(-c3c(F)cccc3F)c2n1. The maximum Gasteiger partial charge on any atom is 0.256 e. The van der Waals surface area contributed by atoms with Gasteiger partial charge in [0.2, 0.25) is 11.9 Å². The molecular formula is C30H34F2N6O2. The molecule has 2 heterocycles. The van der Waals surface area contributed by atoms with E-state index in [1.54, 1.807) is 18.2 Å². The Labute approximate surface area is 231 Å². The molecule has 1 amide bonds. The lowest BCUT2D eigenvalue weighted by atomic mass is 10.0. The number of fused-ring (bicyclic) bond motifs is 1. The molecule has 2 aromatic carbocycles. The standard InChI is InChI=1S/C30H34F2N6O2/c1-3-37(4-2)19-7-18-34-30-35-25(11-5-8-20-12-14-21(15-13-20)28(33)40)22-16-17-26(39)38(29(22)36-30)27-23(31)9-6-10-24(27)32/h6,9-10,12-17H,3-5,7-8,11,18-19H2,1-2H3,(H2,33,40)(H,34,35,36). The van der Waals surface area contributed by atoms with E-state index in [1.165, 1.54) is 12.1 Å². The molecule has 0 saturated heterocycles. The molecular weight excluding hydrogens is 514 g/mol. The van der Waals surface area contributed by atoms with E-state index in [0.717, 1.165) is 48.3 Å². The number of rotatable bonds is 13. The Morgan fingerprint density at radius 1 is 0.950 bits per heavy atom. The molecule has 0 atom stereocenters. The lowest BCUT2D eigenvalue weighted by molar-refractivity contribution is 0.1000. The van der Waals surface area contributed by atoms with Gasteiger partial charge < -0.3 is 16.0 Å². The number of carbonyl (C=O) groups is 1. The fourth-order valence-electron chi connectivity index (χ4n) is 4.70. The second-order valence-corrected chi connectivity index (χ2v) is 9.53. The molecule has 40 heavy (non-hydrogen) atoms. The first-order valence-corrected chi connectivity index (χ1v) is 13.5. The fraction of sp³-hybridized carbons (Fsp3) is 0.333. The van der Waals surface area contributed by atoms with Crippen LogP contribution in [0.15, 0.2) is 59.4 Å². The van der Waals surface area contributed by atoms with Crippen molar-refractivity contribution in [2.75, 3.05) is 31.5 Å². The number of nitrogens with zero attached hydrogens (tertiary/aromatic N) is 4. The minimum atomic E-state index is -0.858. The molecule has 0 spiro atoms. The van der Waals surface area contributed by atoms with E-state index in [9.17, 15) is 18.4 Å². The number of anilines is 1. The highest BCUT2D eigenvalue weighted by Crippen LogP contribution is 2.24. The molecule has 0 saturated carbocycles. The highest BCUT2D eigenvalue weighted by atomic mass is 19.1. The molecule has 0 aliphatic heterocycles. The van der Waals surface area contributed by atoms with Crippen LogP contribution in [0.4, 0.5) is 14.7 Å². The minimum Gasteiger partial charge on any atom is -0.366 e.